The smallest absolute Gasteiger partial charge is 0.179 e. The molecule has 1 aromatic rings. The second kappa shape index (κ2) is 6.84. The lowest BCUT2D eigenvalue weighted by molar-refractivity contribution is 0.233. The van der Waals surface area contributed by atoms with Crippen LogP contribution >= 0.6 is 0 Å². The third-order valence-corrected chi connectivity index (χ3v) is 4.79. The first-order valence-corrected chi connectivity index (χ1v) is 8.05. The third kappa shape index (κ3) is 4.93. The van der Waals surface area contributed by atoms with E-state index in [4.69, 9.17) is 10.4 Å². The van der Waals surface area contributed by atoms with Crippen LogP contribution in [0, 0.1) is 11.3 Å². The Labute approximate surface area is 120 Å². The molecule has 20 heavy (non-hydrogen) atoms. The van der Waals surface area contributed by atoms with Gasteiger partial charge in [-0.25, -0.2) is 8.42 Å². The Morgan fingerprint density at radius 3 is 2.40 bits per heavy atom. The summed E-state index contributed by atoms with van der Waals surface area (Å²) in [6, 6.07) is 7.85. The van der Waals surface area contributed by atoms with Gasteiger partial charge in [0.05, 0.1) is 22.3 Å². The van der Waals surface area contributed by atoms with Crippen molar-refractivity contribution in [2.45, 2.75) is 30.7 Å². The molecule has 110 valence electrons. The fourth-order valence-corrected chi connectivity index (χ4v) is 2.90. The standard InChI is InChI=1S/C14H20N2O3S/c1-14(2,7-9-17)16-8-10-20(18,19)13-5-3-12(11-15)4-6-13/h3-6,16-17H,7-10H2,1-2H3. The van der Waals surface area contributed by atoms with Gasteiger partial charge in [-0.15, -0.1) is 0 Å². The summed E-state index contributed by atoms with van der Waals surface area (Å²) in [7, 11) is -3.36. The van der Waals surface area contributed by atoms with Crippen LogP contribution in [0.4, 0.5) is 0 Å². The second-order valence-corrected chi connectivity index (χ2v) is 7.35. The highest BCUT2D eigenvalue weighted by Gasteiger charge is 2.19. The molecular formula is C14H20N2O3S. The molecule has 1 rings (SSSR count). The van der Waals surface area contributed by atoms with Gasteiger partial charge in [0.2, 0.25) is 0 Å². The van der Waals surface area contributed by atoms with Gasteiger partial charge in [-0.1, -0.05) is 0 Å². The molecule has 0 aliphatic carbocycles. The molecule has 0 fully saturated rings. The first kappa shape index (κ1) is 16.6. The van der Waals surface area contributed by atoms with Crippen molar-refractivity contribution in [3.8, 4) is 6.07 Å². The van der Waals surface area contributed by atoms with Crippen LogP contribution in [-0.2, 0) is 9.84 Å². The Morgan fingerprint density at radius 1 is 1.30 bits per heavy atom. The van der Waals surface area contributed by atoms with Crippen molar-refractivity contribution in [2.75, 3.05) is 18.9 Å². The van der Waals surface area contributed by atoms with E-state index < -0.39 is 9.84 Å². The molecule has 0 amide bonds. The van der Waals surface area contributed by atoms with E-state index in [-0.39, 0.29) is 22.8 Å². The Hall–Kier alpha value is -1.42. The van der Waals surface area contributed by atoms with E-state index in [1.54, 1.807) is 0 Å². The molecule has 0 radical (unpaired) electrons. The van der Waals surface area contributed by atoms with Crippen molar-refractivity contribution in [2.24, 2.45) is 0 Å². The van der Waals surface area contributed by atoms with Gasteiger partial charge in [0.1, 0.15) is 0 Å². The number of nitriles is 1. The summed E-state index contributed by atoms with van der Waals surface area (Å²) in [6.07, 6.45) is 0.559. The summed E-state index contributed by atoms with van der Waals surface area (Å²) in [5, 5.41) is 20.7. The lowest BCUT2D eigenvalue weighted by atomic mass is 10.0. The summed E-state index contributed by atoms with van der Waals surface area (Å²) < 4.78 is 24.2. The van der Waals surface area contributed by atoms with Crippen LogP contribution in [0.15, 0.2) is 29.2 Å². The molecule has 1 aromatic carbocycles. The van der Waals surface area contributed by atoms with Crippen molar-refractivity contribution in [3.63, 3.8) is 0 Å². The molecule has 0 atom stereocenters. The normalized spacial score (nSPS) is 12.1. The fourth-order valence-electron chi connectivity index (χ4n) is 1.75. The molecule has 0 heterocycles. The number of benzene rings is 1. The molecular weight excluding hydrogens is 276 g/mol. The van der Waals surface area contributed by atoms with Crippen LogP contribution in [0.3, 0.4) is 0 Å². The predicted molar refractivity (Wildman–Crippen MR) is 77.0 cm³/mol. The second-order valence-electron chi connectivity index (χ2n) is 5.24. The van der Waals surface area contributed by atoms with Crippen LogP contribution in [0.25, 0.3) is 0 Å². The van der Waals surface area contributed by atoms with Crippen LogP contribution < -0.4 is 5.32 Å². The highest BCUT2D eigenvalue weighted by atomic mass is 32.2. The van der Waals surface area contributed by atoms with Crippen LogP contribution in [0.5, 0.6) is 0 Å². The first-order valence-electron chi connectivity index (χ1n) is 6.39. The van der Waals surface area contributed by atoms with E-state index in [0.29, 0.717) is 18.5 Å². The Morgan fingerprint density at radius 2 is 1.90 bits per heavy atom. The average Bonchev–Trinajstić information content (AvgIpc) is 2.38. The summed E-state index contributed by atoms with van der Waals surface area (Å²) in [4.78, 5) is 0.221. The highest BCUT2D eigenvalue weighted by Crippen LogP contribution is 2.13. The number of aliphatic hydroxyl groups is 1. The zero-order valence-electron chi connectivity index (χ0n) is 11.8. The fraction of sp³-hybridized carbons (Fsp3) is 0.500. The van der Waals surface area contributed by atoms with Gasteiger partial charge in [0.15, 0.2) is 9.84 Å². The molecule has 0 spiro atoms. The summed E-state index contributed by atoms with van der Waals surface area (Å²) >= 11 is 0. The zero-order chi connectivity index (χ0) is 15.2. The van der Waals surface area contributed by atoms with Crippen molar-refractivity contribution in [3.05, 3.63) is 29.8 Å². The number of hydrogen-bond acceptors (Lipinski definition) is 5. The minimum Gasteiger partial charge on any atom is -0.396 e. The third-order valence-electron chi connectivity index (χ3n) is 3.05. The van der Waals surface area contributed by atoms with Crippen molar-refractivity contribution < 1.29 is 13.5 Å². The molecule has 0 bridgehead atoms. The molecule has 5 nitrogen and oxygen atoms in total. The minimum absolute atomic E-state index is 0.0201. The monoisotopic (exact) mass is 296 g/mol. The molecule has 0 saturated carbocycles. The molecule has 2 N–H and O–H groups in total. The van der Waals surface area contributed by atoms with Gasteiger partial charge in [-0.3, -0.25) is 0 Å². The lowest BCUT2D eigenvalue weighted by Crippen LogP contribution is -2.42. The topological polar surface area (TPSA) is 90.2 Å². The van der Waals surface area contributed by atoms with E-state index in [1.807, 2.05) is 19.9 Å². The number of aliphatic hydroxyl groups excluding tert-OH is 1. The van der Waals surface area contributed by atoms with Crippen molar-refractivity contribution in [1.29, 1.82) is 5.26 Å². The van der Waals surface area contributed by atoms with Gasteiger partial charge in [-0.05, 0) is 44.5 Å². The van der Waals surface area contributed by atoms with E-state index in [0.717, 1.165) is 0 Å². The van der Waals surface area contributed by atoms with Crippen molar-refractivity contribution >= 4 is 9.84 Å². The molecule has 6 heteroatoms. The van der Waals surface area contributed by atoms with E-state index >= 15 is 0 Å². The Kier molecular flexibility index (Phi) is 5.69. The predicted octanol–water partition coefficient (Wildman–Crippen LogP) is 1.08. The largest absolute Gasteiger partial charge is 0.396 e. The van der Waals surface area contributed by atoms with Gasteiger partial charge >= 0.3 is 0 Å². The average molecular weight is 296 g/mol. The lowest BCUT2D eigenvalue weighted by Gasteiger charge is -2.25. The van der Waals surface area contributed by atoms with E-state index in [2.05, 4.69) is 5.32 Å². The van der Waals surface area contributed by atoms with Gasteiger partial charge < -0.3 is 10.4 Å². The SMILES string of the molecule is CC(C)(CCO)NCCS(=O)(=O)c1ccc(C#N)cc1. The Bertz CT molecular complexity index is 571. The Balaban J connectivity index is 2.64. The molecule has 0 aromatic heterocycles. The summed E-state index contributed by atoms with van der Waals surface area (Å²) in [5.41, 5.74) is 0.140. The number of sulfone groups is 1. The maximum atomic E-state index is 12.1. The quantitative estimate of drug-likeness (QED) is 0.786. The molecule has 0 aliphatic heterocycles. The zero-order valence-corrected chi connectivity index (χ0v) is 12.6. The molecule has 0 saturated heterocycles. The maximum absolute atomic E-state index is 12.1. The summed E-state index contributed by atoms with van der Waals surface area (Å²) in [5.74, 6) is -0.0201. The highest BCUT2D eigenvalue weighted by molar-refractivity contribution is 7.91. The maximum Gasteiger partial charge on any atom is 0.179 e. The number of nitrogens with zero attached hydrogens (tertiary/aromatic N) is 1. The number of nitrogens with one attached hydrogen (secondary N) is 1. The van der Waals surface area contributed by atoms with Crippen LogP contribution in [0.2, 0.25) is 0 Å². The van der Waals surface area contributed by atoms with Gasteiger partial charge in [-0.2, -0.15) is 5.26 Å². The minimum atomic E-state index is -3.36. The van der Waals surface area contributed by atoms with Crippen molar-refractivity contribution in [1.82, 2.24) is 5.32 Å². The van der Waals surface area contributed by atoms with E-state index in [1.165, 1.54) is 24.3 Å². The molecule has 0 aliphatic rings. The van der Waals surface area contributed by atoms with Gasteiger partial charge in [0, 0.05) is 18.7 Å². The molecule has 0 unspecified atom stereocenters. The number of rotatable bonds is 7. The summed E-state index contributed by atoms with van der Waals surface area (Å²) in [6.45, 7) is 4.20. The van der Waals surface area contributed by atoms with E-state index in [9.17, 15) is 8.42 Å². The first-order chi connectivity index (χ1) is 9.30. The van der Waals surface area contributed by atoms with Gasteiger partial charge in [0.25, 0.3) is 0 Å². The number of hydrogen-bond donors (Lipinski definition) is 2. The van der Waals surface area contributed by atoms with Crippen LogP contribution in [-0.4, -0.2) is 38.0 Å². The van der Waals surface area contributed by atoms with Crippen LogP contribution in [0.1, 0.15) is 25.8 Å².